The van der Waals surface area contributed by atoms with E-state index >= 15 is 0 Å². The monoisotopic (exact) mass is 268 g/mol. The van der Waals surface area contributed by atoms with Crippen LogP contribution in [0.15, 0.2) is 24.4 Å². The van der Waals surface area contributed by atoms with Crippen LogP contribution in [-0.2, 0) is 6.54 Å². The molecule has 0 fully saturated rings. The van der Waals surface area contributed by atoms with E-state index in [4.69, 9.17) is 16.7 Å². The first-order valence-corrected chi connectivity index (χ1v) is 5.56. The van der Waals surface area contributed by atoms with Crippen LogP contribution in [0.1, 0.15) is 21.6 Å². The fourth-order valence-electron chi connectivity index (χ4n) is 1.58. The van der Waals surface area contributed by atoms with Crippen LogP contribution in [-0.4, -0.2) is 20.9 Å². The topological polar surface area (TPSA) is 55.1 Å². The first-order chi connectivity index (χ1) is 8.47. The summed E-state index contributed by atoms with van der Waals surface area (Å²) in [5, 5.41) is 13.4. The van der Waals surface area contributed by atoms with Gasteiger partial charge in [-0.3, -0.25) is 4.68 Å². The molecular formula is C12H10ClFN2O2. The predicted octanol–water partition coefficient (Wildman–Crippen LogP) is 2.73. The Balaban J connectivity index is 2.33. The van der Waals surface area contributed by atoms with Crippen LogP contribution in [0, 0.1) is 12.7 Å². The van der Waals surface area contributed by atoms with E-state index in [-0.39, 0.29) is 17.7 Å². The van der Waals surface area contributed by atoms with Gasteiger partial charge in [-0.1, -0.05) is 11.6 Å². The molecule has 6 heteroatoms. The zero-order valence-electron chi connectivity index (χ0n) is 9.52. The van der Waals surface area contributed by atoms with E-state index < -0.39 is 11.8 Å². The quantitative estimate of drug-likeness (QED) is 0.931. The summed E-state index contributed by atoms with van der Waals surface area (Å²) in [5.41, 5.74) is 0.946. The maximum absolute atomic E-state index is 13.6. The molecule has 94 valence electrons. The van der Waals surface area contributed by atoms with Gasteiger partial charge in [0.15, 0.2) is 0 Å². The SMILES string of the molecule is Cc1nn(Cc2cc(C(=O)O)ccc2F)cc1Cl. The molecule has 2 aromatic rings. The summed E-state index contributed by atoms with van der Waals surface area (Å²) in [6.07, 6.45) is 1.57. The number of hydrogen-bond donors (Lipinski definition) is 1. The predicted molar refractivity (Wildman–Crippen MR) is 64.4 cm³/mol. The van der Waals surface area contributed by atoms with Crippen molar-refractivity contribution in [2.24, 2.45) is 0 Å². The number of benzene rings is 1. The van der Waals surface area contributed by atoms with Crippen molar-refractivity contribution in [3.63, 3.8) is 0 Å². The zero-order valence-corrected chi connectivity index (χ0v) is 10.3. The molecule has 0 amide bonds. The Morgan fingerprint density at radius 2 is 2.28 bits per heavy atom. The second-order valence-corrected chi connectivity index (χ2v) is 4.28. The lowest BCUT2D eigenvalue weighted by molar-refractivity contribution is 0.0696. The Bertz CT molecular complexity index is 591. The van der Waals surface area contributed by atoms with Crippen molar-refractivity contribution in [3.8, 4) is 0 Å². The second kappa shape index (κ2) is 4.78. The number of carboxylic acids is 1. The molecule has 0 aliphatic heterocycles. The molecule has 0 saturated carbocycles. The van der Waals surface area contributed by atoms with Crippen molar-refractivity contribution in [2.75, 3.05) is 0 Å². The number of hydrogen-bond acceptors (Lipinski definition) is 2. The maximum Gasteiger partial charge on any atom is 0.335 e. The van der Waals surface area contributed by atoms with Crippen LogP contribution in [0.2, 0.25) is 5.02 Å². The van der Waals surface area contributed by atoms with Crippen LogP contribution in [0.4, 0.5) is 4.39 Å². The van der Waals surface area contributed by atoms with Gasteiger partial charge in [0.2, 0.25) is 0 Å². The zero-order chi connectivity index (χ0) is 13.3. The molecule has 0 atom stereocenters. The maximum atomic E-state index is 13.6. The van der Waals surface area contributed by atoms with Gasteiger partial charge in [0, 0.05) is 11.8 Å². The summed E-state index contributed by atoms with van der Waals surface area (Å²) in [4.78, 5) is 10.8. The smallest absolute Gasteiger partial charge is 0.335 e. The van der Waals surface area contributed by atoms with Crippen LogP contribution in [0.5, 0.6) is 0 Å². The van der Waals surface area contributed by atoms with Gasteiger partial charge in [0.1, 0.15) is 5.82 Å². The third-order valence-corrected chi connectivity index (χ3v) is 2.88. The van der Waals surface area contributed by atoms with Crippen LogP contribution in [0.25, 0.3) is 0 Å². The molecule has 1 aromatic heterocycles. The molecule has 0 radical (unpaired) electrons. The second-order valence-electron chi connectivity index (χ2n) is 3.87. The molecule has 0 bridgehead atoms. The van der Waals surface area contributed by atoms with Crippen LogP contribution >= 0.6 is 11.6 Å². The Morgan fingerprint density at radius 1 is 1.56 bits per heavy atom. The van der Waals surface area contributed by atoms with Gasteiger partial charge in [-0.15, -0.1) is 0 Å². The minimum atomic E-state index is -1.09. The van der Waals surface area contributed by atoms with E-state index in [9.17, 15) is 9.18 Å². The van der Waals surface area contributed by atoms with Crippen molar-refractivity contribution in [2.45, 2.75) is 13.5 Å². The molecule has 0 aliphatic carbocycles. The van der Waals surface area contributed by atoms with Gasteiger partial charge >= 0.3 is 5.97 Å². The average molecular weight is 269 g/mol. The van der Waals surface area contributed by atoms with E-state index in [1.807, 2.05) is 0 Å². The highest BCUT2D eigenvalue weighted by Crippen LogP contribution is 2.16. The summed E-state index contributed by atoms with van der Waals surface area (Å²) in [5.74, 6) is -1.56. The van der Waals surface area contributed by atoms with E-state index in [0.29, 0.717) is 10.7 Å². The number of aromatic nitrogens is 2. The number of aromatic carboxylic acids is 1. The van der Waals surface area contributed by atoms with Gasteiger partial charge in [-0.05, 0) is 25.1 Å². The van der Waals surface area contributed by atoms with Crippen molar-refractivity contribution >= 4 is 17.6 Å². The molecule has 0 aliphatic rings. The van der Waals surface area contributed by atoms with Gasteiger partial charge in [-0.2, -0.15) is 5.10 Å². The molecule has 2 rings (SSSR count). The number of carbonyl (C=O) groups is 1. The highest BCUT2D eigenvalue weighted by Gasteiger charge is 2.10. The summed E-state index contributed by atoms with van der Waals surface area (Å²) >= 11 is 5.85. The van der Waals surface area contributed by atoms with Crippen molar-refractivity contribution in [3.05, 3.63) is 52.1 Å². The Kier molecular flexibility index (Phi) is 3.34. The molecular weight excluding hydrogens is 259 g/mol. The highest BCUT2D eigenvalue weighted by atomic mass is 35.5. The highest BCUT2D eigenvalue weighted by molar-refractivity contribution is 6.31. The largest absolute Gasteiger partial charge is 0.478 e. The summed E-state index contributed by atoms with van der Waals surface area (Å²) in [6.45, 7) is 1.88. The van der Waals surface area contributed by atoms with Gasteiger partial charge in [0.05, 0.1) is 22.8 Å². The molecule has 1 N–H and O–H groups in total. The minimum absolute atomic E-state index is 0.0429. The van der Waals surface area contributed by atoms with Crippen molar-refractivity contribution < 1.29 is 14.3 Å². The van der Waals surface area contributed by atoms with Gasteiger partial charge in [0.25, 0.3) is 0 Å². The fourth-order valence-corrected chi connectivity index (χ4v) is 1.73. The van der Waals surface area contributed by atoms with Crippen LogP contribution in [0.3, 0.4) is 0 Å². The normalized spacial score (nSPS) is 10.6. The Labute approximate surface area is 108 Å². The molecule has 0 saturated heterocycles. The van der Waals surface area contributed by atoms with E-state index in [2.05, 4.69) is 5.10 Å². The Hall–Kier alpha value is -1.88. The molecule has 0 unspecified atom stereocenters. The first-order valence-electron chi connectivity index (χ1n) is 5.18. The molecule has 0 spiro atoms. The molecule has 4 nitrogen and oxygen atoms in total. The number of halogens is 2. The lowest BCUT2D eigenvalue weighted by atomic mass is 10.1. The van der Waals surface area contributed by atoms with Gasteiger partial charge in [-0.25, -0.2) is 9.18 Å². The molecule has 1 aromatic carbocycles. The lowest BCUT2D eigenvalue weighted by Gasteiger charge is -2.05. The lowest BCUT2D eigenvalue weighted by Crippen LogP contribution is -2.05. The van der Waals surface area contributed by atoms with Crippen molar-refractivity contribution in [1.82, 2.24) is 9.78 Å². The van der Waals surface area contributed by atoms with Gasteiger partial charge < -0.3 is 5.11 Å². The number of nitrogens with zero attached hydrogens (tertiary/aromatic N) is 2. The Morgan fingerprint density at radius 3 is 2.83 bits per heavy atom. The first kappa shape index (κ1) is 12.6. The minimum Gasteiger partial charge on any atom is -0.478 e. The standard InChI is InChI=1S/C12H10ClFN2O2/c1-7-10(13)6-16(15-7)5-9-4-8(12(17)18)2-3-11(9)14/h2-4,6H,5H2,1H3,(H,17,18). The summed E-state index contributed by atoms with van der Waals surface area (Å²) < 4.78 is 15.0. The summed E-state index contributed by atoms with van der Waals surface area (Å²) in [6, 6.07) is 3.65. The van der Waals surface area contributed by atoms with Crippen LogP contribution < -0.4 is 0 Å². The third kappa shape index (κ3) is 2.51. The molecule has 18 heavy (non-hydrogen) atoms. The van der Waals surface area contributed by atoms with E-state index in [0.717, 1.165) is 6.07 Å². The fraction of sp³-hybridized carbons (Fsp3) is 0.167. The van der Waals surface area contributed by atoms with Crippen molar-refractivity contribution in [1.29, 1.82) is 0 Å². The average Bonchev–Trinajstić information content (AvgIpc) is 2.61. The number of rotatable bonds is 3. The van der Waals surface area contributed by atoms with E-state index in [1.165, 1.54) is 16.8 Å². The third-order valence-electron chi connectivity index (χ3n) is 2.51. The molecule has 1 heterocycles. The number of carboxylic acid groups (broad SMARTS) is 1. The number of aryl methyl sites for hydroxylation is 1. The van der Waals surface area contributed by atoms with E-state index in [1.54, 1.807) is 13.1 Å². The summed E-state index contributed by atoms with van der Waals surface area (Å²) in [7, 11) is 0.